The number of hydrogen-bond acceptors (Lipinski definition) is 2. The lowest BCUT2D eigenvalue weighted by molar-refractivity contribution is 0.550. The van der Waals surface area contributed by atoms with Crippen LogP contribution in [-0.2, 0) is 0 Å². The Morgan fingerprint density at radius 2 is 2.29 bits per heavy atom. The van der Waals surface area contributed by atoms with Gasteiger partial charge in [0.05, 0.1) is 6.20 Å². The van der Waals surface area contributed by atoms with Gasteiger partial charge in [-0.25, -0.2) is 9.37 Å². The first kappa shape index (κ1) is 11.2. The fraction of sp³-hybridized carbons (Fsp3) is 0.500. The van der Waals surface area contributed by atoms with E-state index in [1.54, 1.807) is 6.07 Å². The van der Waals surface area contributed by atoms with Crippen molar-refractivity contribution in [1.82, 2.24) is 4.98 Å². The number of pyridine rings is 1. The lowest BCUT2D eigenvalue weighted by atomic mass is 10.0. The van der Waals surface area contributed by atoms with Gasteiger partial charge < -0.3 is 5.32 Å². The normalized spacial score (nSPS) is 14.9. The molecule has 1 aromatic heterocycles. The zero-order valence-electron chi connectivity index (χ0n) is 8.35. The van der Waals surface area contributed by atoms with E-state index in [-0.39, 0.29) is 11.4 Å². The van der Waals surface area contributed by atoms with Gasteiger partial charge in [-0.15, -0.1) is 11.6 Å². The van der Waals surface area contributed by atoms with E-state index < -0.39 is 0 Å². The molecule has 14 heavy (non-hydrogen) atoms. The molecule has 0 amide bonds. The molecule has 1 unspecified atom stereocenters. The van der Waals surface area contributed by atoms with Crippen molar-refractivity contribution in [2.75, 3.05) is 11.2 Å². The second-order valence-electron chi connectivity index (χ2n) is 3.53. The van der Waals surface area contributed by atoms with Crippen LogP contribution in [0.3, 0.4) is 0 Å². The molecule has 0 aliphatic rings. The Hall–Kier alpha value is -0.830. The summed E-state index contributed by atoms with van der Waals surface area (Å²) in [5, 5.41) is 3.17. The third-order valence-electron chi connectivity index (χ3n) is 2.23. The van der Waals surface area contributed by atoms with Crippen LogP contribution in [0.4, 0.5) is 10.2 Å². The Morgan fingerprint density at radius 1 is 1.57 bits per heavy atom. The van der Waals surface area contributed by atoms with Crippen molar-refractivity contribution in [2.45, 2.75) is 25.8 Å². The highest BCUT2D eigenvalue weighted by Gasteiger charge is 2.20. The van der Waals surface area contributed by atoms with Gasteiger partial charge in [-0.1, -0.05) is 6.92 Å². The molecule has 1 heterocycles. The Bertz CT molecular complexity index is 283. The van der Waals surface area contributed by atoms with Crippen LogP contribution in [-0.4, -0.2) is 16.4 Å². The number of hydrogen-bond donors (Lipinski definition) is 1. The number of halogens is 2. The smallest absolute Gasteiger partial charge is 0.141 e. The summed E-state index contributed by atoms with van der Waals surface area (Å²) in [4.78, 5) is 3.91. The summed E-state index contributed by atoms with van der Waals surface area (Å²) in [6, 6.07) is 2.98. The molecule has 78 valence electrons. The van der Waals surface area contributed by atoms with E-state index >= 15 is 0 Å². The predicted molar refractivity (Wildman–Crippen MR) is 57.2 cm³/mol. The minimum Gasteiger partial charge on any atom is -0.364 e. The highest BCUT2D eigenvalue weighted by molar-refractivity contribution is 6.18. The lowest BCUT2D eigenvalue weighted by Crippen LogP contribution is -2.36. The van der Waals surface area contributed by atoms with E-state index in [4.69, 9.17) is 11.6 Å². The highest BCUT2D eigenvalue weighted by atomic mass is 35.5. The van der Waals surface area contributed by atoms with Crippen LogP contribution < -0.4 is 5.32 Å². The lowest BCUT2D eigenvalue weighted by Gasteiger charge is -2.27. The van der Waals surface area contributed by atoms with Crippen LogP contribution in [0.2, 0.25) is 0 Å². The first-order chi connectivity index (χ1) is 6.59. The number of nitrogens with one attached hydrogen (secondary N) is 1. The molecule has 0 fully saturated rings. The summed E-state index contributed by atoms with van der Waals surface area (Å²) in [6.07, 6.45) is 2.07. The van der Waals surface area contributed by atoms with Crippen LogP contribution in [0.5, 0.6) is 0 Å². The van der Waals surface area contributed by atoms with Crippen LogP contribution >= 0.6 is 11.6 Å². The van der Waals surface area contributed by atoms with E-state index in [0.29, 0.717) is 11.7 Å². The Kier molecular flexibility index (Phi) is 3.69. The Morgan fingerprint density at radius 3 is 2.71 bits per heavy atom. The maximum atomic E-state index is 12.6. The van der Waals surface area contributed by atoms with Crippen LogP contribution in [0.25, 0.3) is 0 Å². The van der Waals surface area contributed by atoms with Crippen molar-refractivity contribution < 1.29 is 4.39 Å². The van der Waals surface area contributed by atoms with Crippen LogP contribution in [0.15, 0.2) is 18.3 Å². The molecule has 1 aromatic rings. The van der Waals surface area contributed by atoms with Gasteiger partial charge in [-0.2, -0.15) is 0 Å². The van der Waals surface area contributed by atoms with Crippen molar-refractivity contribution >= 4 is 17.4 Å². The predicted octanol–water partition coefficient (Wildman–Crippen LogP) is 3.04. The zero-order valence-corrected chi connectivity index (χ0v) is 9.11. The molecule has 1 N–H and O–H groups in total. The number of anilines is 1. The highest BCUT2D eigenvalue weighted by Crippen LogP contribution is 2.18. The molecule has 0 bridgehead atoms. The Labute approximate surface area is 88.5 Å². The van der Waals surface area contributed by atoms with Gasteiger partial charge in [0, 0.05) is 11.4 Å². The van der Waals surface area contributed by atoms with Gasteiger partial charge in [0.15, 0.2) is 0 Å². The summed E-state index contributed by atoms with van der Waals surface area (Å²) < 4.78 is 12.6. The van der Waals surface area contributed by atoms with E-state index in [0.717, 1.165) is 6.42 Å². The first-order valence-electron chi connectivity index (χ1n) is 4.55. The van der Waals surface area contributed by atoms with Crippen molar-refractivity contribution in [3.05, 3.63) is 24.1 Å². The fourth-order valence-corrected chi connectivity index (χ4v) is 1.23. The minimum absolute atomic E-state index is 0.188. The van der Waals surface area contributed by atoms with Crippen molar-refractivity contribution in [3.63, 3.8) is 0 Å². The maximum Gasteiger partial charge on any atom is 0.141 e. The molecule has 0 radical (unpaired) electrons. The molecule has 0 saturated heterocycles. The monoisotopic (exact) mass is 216 g/mol. The van der Waals surface area contributed by atoms with E-state index in [9.17, 15) is 4.39 Å². The van der Waals surface area contributed by atoms with Gasteiger partial charge in [-0.3, -0.25) is 0 Å². The van der Waals surface area contributed by atoms with E-state index in [2.05, 4.69) is 10.3 Å². The fourth-order valence-electron chi connectivity index (χ4n) is 0.975. The van der Waals surface area contributed by atoms with Crippen LogP contribution in [0.1, 0.15) is 20.3 Å². The molecule has 1 rings (SSSR count). The quantitative estimate of drug-likeness (QED) is 0.783. The summed E-state index contributed by atoms with van der Waals surface area (Å²) in [5.41, 5.74) is -0.188. The number of aromatic nitrogens is 1. The maximum absolute atomic E-state index is 12.6. The zero-order chi connectivity index (χ0) is 10.6. The van der Waals surface area contributed by atoms with Gasteiger partial charge in [0.2, 0.25) is 0 Å². The summed E-state index contributed by atoms with van der Waals surface area (Å²) in [7, 11) is 0. The van der Waals surface area contributed by atoms with Crippen molar-refractivity contribution in [3.8, 4) is 0 Å². The third-order valence-corrected chi connectivity index (χ3v) is 2.82. The molecule has 0 aliphatic carbocycles. The molecular formula is C10H14ClFN2. The van der Waals surface area contributed by atoms with Gasteiger partial charge >= 0.3 is 0 Å². The molecule has 2 nitrogen and oxygen atoms in total. The molecule has 1 atom stereocenters. The molecular weight excluding hydrogens is 203 g/mol. The summed E-state index contributed by atoms with van der Waals surface area (Å²) in [5.74, 6) is 0.804. The number of nitrogens with zero attached hydrogens (tertiary/aromatic N) is 1. The SMILES string of the molecule is CCC(C)(CCl)Nc1ccc(F)cn1. The number of alkyl halides is 1. The largest absolute Gasteiger partial charge is 0.364 e. The third kappa shape index (κ3) is 2.84. The van der Waals surface area contributed by atoms with Gasteiger partial charge in [0.25, 0.3) is 0 Å². The molecule has 0 saturated carbocycles. The van der Waals surface area contributed by atoms with Gasteiger partial charge in [0.1, 0.15) is 11.6 Å². The average molecular weight is 217 g/mol. The topological polar surface area (TPSA) is 24.9 Å². The molecule has 0 spiro atoms. The second-order valence-corrected chi connectivity index (χ2v) is 3.80. The van der Waals surface area contributed by atoms with Crippen LogP contribution in [0, 0.1) is 5.82 Å². The standard InChI is InChI=1S/C10H14ClFN2/c1-3-10(2,7-11)14-9-5-4-8(12)6-13-9/h4-6H,3,7H2,1-2H3,(H,13,14). The average Bonchev–Trinajstić information content (AvgIpc) is 2.21. The minimum atomic E-state index is -0.334. The molecule has 4 heteroatoms. The number of rotatable bonds is 4. The summed E-state index contributed by atoms with van der Waals surface area (Å²) >= 11 is 5.83. The first-order valence-corrected chi connectivity index (χ1v) is 5.09. The second kappa shape index (κ2) is 4.60. The molecule has 0 aromatic carbocycles. The summed E-state index contributed by atoms with van der Waals surface area (Å²) in [6.45, 7) is 4.05. The van der Waals surface area contributed by atoms with E-state index in [1.807, 2.05) is 13.8 Å². The van der Waals surface area contributed by atoms with Crippen molar-refractivity contribution in [1.29, 1.82) is 0 Å². The van der Waals surface area contributed by atoms with Gasteiger partial charge in [-0.05, 0) is 25.5 Å². The molecule has 0 aliphatic heterocycles. The Balaban J connectivity index is 2.72. The van der Waals surface area contributed by atoms with E-state index in [1.165, 1.54) is 12.3 Å². The van der Waals surface area contributed by atoms with Crippen molar-refractivity contribution in [2.24, 2.45) is 0 Å².